The molecule has 178 valence electrons. The van der Waals surface area contributed by atoms with E-state index >= 15 is 0 Å². The van der Waals surface area contributed by atoms with E-state index in [-0.39, 0.29) is 28.9 Å². The molecule has 1 aromatic carbocycles. The van der Waals surface area contributed by atoms with Gasteiger partial charge < -0.3 is 15.1 Å². The fourth-order valence-corrected chi connectivity index (χ4v) is 7.24. The number of hydrogen-bond donors (Lipinski definition) is 2. The summed E-state index contributed by atoms with van der Waals surface area (Å²) in [5.74, 6) is 1.24. The number of rotatable bonds is 5. The average molecular weight is 477 g/mol. The number of thioether (sulfide) groups is 1. The van der Waals surface area contributed by atoms with Gasteiger partial charge in [-0.2, -0.15) is 0 Å². The second kappa shape index (κ2) is 7.89. The Bertz CT molecular complexity index is 1090. The zero-order valence-corrected chi connectivity index (χ0v) is 20.3. The third-order valence-electron chi connectivity index (χ3n) is 8.35. The minimum Gasteiger partial charge on any atom is -0.369 e. The van der Waals surface area contributed by atoms with E-state index in [9.17, 15) is 9.59 Å². The van der Waals surface area contributed by atoms with Crippen molar-refractivity contribution in [2.45, 2.75) is 62.0 Å². The van der Waals surface area contributed by atoms with Crippen LogP contribution >= 0.6 is 11.8 Å². The van der Waals surface area contributed by atoms with Crippen molar-refractivity contribution in [1.29, 1.82) is 0 Å². The molecule has 0 aromatic heterocycles. The van der Waals surface area contributed by atoms with Crippen LogP contribution in [0.15, 0.2) is 47.0 Å². The number of nitrogens with one attached hydrogen (secondary N) is 2. The normalized spacial score (nSPS) is 31.4. The Kier molecular flexibility index (Phi) is 4.89. The predicted octanol–water partition coefficient (Wildman–Crippen LogP) is 3.80. The molecule has 3 heterocycles. The van der Waals surface area contributed by atoms with Crippen LogP contribution in [0.3, 0.4) is 0 Å². The molecule has 2 N–H and O–H groups in total. The number of hydrogen-bond acceptors (Lipinski definition) is 5. The summed E-state index contributed by atoms with van der Waals surface area (Å²) in [5.41, 5.74) is 3.37. The van der Waals surface area contributed by atoms with E-state index in [4.69, 9.17) is 0 Å². The number of carbonyl (C=O) groups excluding carboxylic acids is 2. The summed E-state index contributed by atoms with van der Waals surface area (Å²) in [6.07, 6.45) is 11.6. The van der Waals surface area contributed by atoms with Crippen LogP contribution in [-0.4, -0.2) is 46.8 Å². The topological polar surface area (TPSA) is 64.7 Å². The van der Waals surface area contributed by atoms with Gasteiger partial charge in [0, 0.05) is 36.2 Å². The van der Waals surface area contributed by atoms with Crippen molar-refractivity contribution in [2.24, 2.45) is 11.8 Å². The molecule has 0 bridgehead atoms. The van der Waals surface area contributed by atoms with Crippen LogP contribution in [0.2, 0.25) is 0 Å². The molecule has 3 atom stereocenters. The summed E-state index contributed by atoms with van der Waals surface area (Å²) < 4.78 is 0. The van der Waals surface area contributed by atoms with Crippen molar-refractivity contribution < 1.29 is 9.59 Å². The summed E-state index contributed by atoms with van der Waals surface area (Å²) in [6.45, 7) is 2.38. The summed E-state index contributed by atoms with van der Waals surface area (Å²) in [5, 5.41) is 7.60. The Morgan fingerprint density at radius 3 is 2.65 bits per heavy atom. The standard InChI is InChI=1S/C27H32N4O2S/c32-25(20-9-10-20)30-14-11-17(15-30)16-31-23(29-27(12-13-27)26(31)33)18-5-7-19(8-6-18)24-28-21-3-1-2-4-22(21)34-24/h1,3,5-8,17,20,23-24,28-29H,2,4,9-16H2/t17-,23?,24?/m1/s1. The van der Waals surface area contributed by atoms with Gasteiger partial charge in [0.05, 0.1) is 0 Å². The highest BCUT2D eigenvalue weighted by molar-refractivity contribution is 8.03. The van der Waals surface area contributed by atoms with E-state index in [0.29, 0.717) is 11.8 Å². The second-order valence-electron chi connectivity index (χ2n) is 10.9. The SMILES string of the molecule is O=C(C1CC1)N1CC[C@@H](CN2C(=O)C3(CC3)NC2c2ccc(C3NC4=C(CCC=C4)S3)cc2)C1. The van der Waals surface area contributed by atoms with Crippen molar-refractivity contribution in [2.75, 3.05) is 19.6 Å². The maximum Gasteiger partial charge on any atom is 0.244 e. The molecule has 1 spiro atoms. The van der Waals surface area contributed by atoms with E-state index < -0.39 is 0 Å². The molecular formula is C27H32N4O2S. The summed E-state index contributed by atoms with van der Waals surface area (Å²) in [4.78, 5) is 31.5. The Hall–Kier alpha value is -2.25. The zero-order chi connectivity index (χ0) is 22.9. The van der Waals surface area contributed by atoms with Crippen molar-refractivity contribution in [3.8, 4) is 0 Å². The molecule has 2 unspecified atom stereocenters. The van der Waals surface area contributed by atoms with Gasteiger partial charge in [-0.1, -0.05) is 42.1 Å². The summed E-state index contributed by atoms with van der Waals surface area (Å²) in [6, 6.07) is 8.83. The first-order valence-electron chi connectivity index (χ1n) is 12.9. The van der Waals surface area contributed by atoms with Crippen molar-refractivity contribution in [1.82, 2.24) is 20.4 Å². The molecule has 7 heteroatoms. The fraction of sp³-hybridized carbons (Fsp3) is 0.556. The third kappa shape index (κ3) is 3.59. The maximum absolute atomic E-state index is 13.4. The molecule has 2 saturated heterocycles. The molecule has 0 radical (unpaired) electrons. The Morgan fingerprint density at radius 1 is 1.12 bits per heavy atom. The number of allylic oxidation sites excluding steroid dienone is 3. The molecule has 3 aliphatic heterocycles. The van der Waals surface area contributed by atoms with Crippen molar-refractivity contribution in [3.05, 3.63) is 58.1 Å². The Balaban J connectivity index is 1.05. The van der Waals surface area contributed by atoms with Crippen molar-refractivity contribution >= 4 is 23.6 Å². The molecule has 7 rings (SSSR count). The predicted molar refractivity (Wildman–Crippen MR) is 132 cm³/mol. The van der Waals surface area contributed by atoms with Crippen LogP contribution in [0.5, 0.6) is 0 Å². The van der Waals surface area contributed by atoms with Gasteiger partial charge >= 0.3 is 0 Å². The lowest BCUT2D eigenvalue weighted by molar-refractivity contribution is -0.131. The van der Waals surface area contributed by atoms with E-state index in [1.807, 2.05) is 16.7 Å². The largest absolute Gasteiger partial charge is 0.369 e. The molecule has 4 fully saturated rings. The molecule has 34 heavy (non-hydrogen) atoms. The van der Waals surface area contributed by atoms with Crippen LogP contribution in [0.25, 0.3) is 0 Å². The van der Waals surface area contributed by atoms with E-state index in [2.05, 4.69) is 52.0 Å². The van der Waals surface area contributed by atoms with Gasteiger partial charge in [-0.15, -0.1) is 0 Å². The van der Waals surface area contributed by atoms with Gasteiger partial charge in [0.2, 0.25) is 11.8 Å². The first-order valence-corrected chi connectivity index (χ1v) is 13.8. The van der Waals surface area contributed by atoms with Gasteiger partial charge in [0.1, 0.15) is 17.1 Å². The highest BCUT2D eigenvalue weighted by atomic mass is 32.2. The second-order valence-corrected chi connectivity index (χ2v) is 12.1. The van der Waals surface area contributed by atoms with Crippen LogP contribution < -0.4 is 10.6 Å². The van der Waals surface area contributed by atoms with E-state index in [1.54, 1.807) is 0 Å². The van der Waals surface area contributed by atoms with E-state index in [1.165, 1.54) is 16.2 Å². The lowest BCUT2D eigenvalue weighted by Crippen LogP contribution is -2.37. The van der Waals surface area contributed by atoms with Gasteiger partial charge in [-0.25, -0.2) is 0 Å². The number of carbonyl (C=O) groups is 2. The maximum atomic E-state index is 13.4. The van der Waals surface area contributed by atoms with Crippen LogP contribution in [0, 0.1) is 11.8 Å². The van der Waals surface area contributed by atoms with Gasteiger partial charge in [-0.05, 0) is 68.1 Å². The smallest absolute Gasteiger partial charge is 0.244 e. The summed E-state index contributed by atoms with van der Waals surface area (Å²) in [7, 11) is 0. The summed E-state index contributed by atoms with van der Waals surface area (Å²) >= 11 is 1.93. The van der Waals surface area contributed by atoms with Gasteiger partial charge in [0.15, 0.2) is 0 Å². The highest BCUT2D eigenvalue weighted by Crippen LogP contribution is 2.47. The first-order chi connectivity index (χ1) is 16.6. The number of amides is 2. The molecule has 2 amide bonds. The minimum absolute atomic E-state index is 0.0734. The Morgan fingerprint density at radius 2 is 1.91 bits per heavy atom. The molecule has 1 aromatic rings. The number of likely N-dealkylation sites (tertiary alicyclic amines) is 1. The first kappa shape index (κ1) is 21.1. The minimum atomic E-state index is -0.344. The van der Waals surface area contributed by atoms with Gasteiger partial charge in [-0.3, -0.25) is 14.9 Å². The van der Waals surface area contributed by atoms with Crippen LogP contribution in [0.4, 0.5) is 0 Å². The average Bonchev–Trinajstić information content (AvgIpc) is 3.75. The lowest BCUT2D eigenvalue weighted by atomic mass is 10.1. The van der Waals surface area contributed by atoms with E-state index in [0.717, 1.165) is 70.1 Å². The van der Waals surface area contributed by atoms with Gasteiger partial charge in [0.25, 0.3) is 0 Å². The quantitative estimate of drug-likeness (QED) is 0.677. The zero-order valence-electron chi connectivity index (χ0n) is 19.5. The fourth-order valence-electron chi connectivity index (χ4n) is 5.99. The molecule has 2 saturated carbocycles. The molecule has 3 aliphatic carbocycles. The lowest BCUT2D eigenvalue weighted by Gasteiger charge is -2.28. The van der Waals surface area contributed by atoms with Crippen LogP contribution in [0.1, 0.15) is 67.6 Å². The third-order valence-corrected chi connectivity index (χ3v) is 9.68. The monoisotopic (exact) mass is 476 g/mol. The number of nitrogens with zero attached hydrogens (tertiary/aromatic N) is 2. The molecule has 6 aliphatic rings. The Labute approximate surface area is 205 Å². The van der Waals surface area contributed by atoms with Crippen LogP contribution in [-0.2, 0) is 9.59 Å². The highest BCUT2D eigenvalue weighted by Gasteiger charge is 2.59. The van der Waals surface area contributed by atoms with Crippen molar-refractivity contribution in [3.63, 3.8) is 0 Å². The molecule has 6 nitrogen and oxygen atoms in total. The number of benzene rings is 1. The molecular weight excluding hydrogens is 444 g/mol.